The van der Waals surface area contributed by atoms with E-state index in [1.807, 2.05) is 23.1 Å². The van der Waals surface area contributed by atoms with Gasteiger partial charge in [-0.05, 0) is 12.0 Å². The summed E-state index contributed by atoms with van der Waals surface area (Å²) in [7, 11) is 0. The van der Waals surface area contributed by atoms with Crippen molar-refractivity contribution in [3.05, 3.63) is 35.9 Å². The summed E-state index contributed by atoms with van der Waals surface area (Å²) >= 11 is 0. The van der Waals surface area contributed by atoms with E-state index < -0.39 is 0 Å². The van der Waals surface area contributed by atoms with Crippen molar-refractivity contribution in [2.75, 3.05) is 39.5 Å². The molecule has 0 unspecified atom stereocenters. The number of urea groups is 1. The molecule has 2 saturated heterocycles. The third kappa shape index (κ3) is 3.54. The number of ether oxygens (including phenoxy) is 2. The lowest BCUT2D eigenvalue weighted by atomic mass is 9.95. The number of carbonyl (C=O) groups is 1. The molecule has 21 heavy (non-hydrogen) atoms. The van der Waals surface area contributed by atoms with Crippen molar-refractivity contribution in [2.24, 2.45) is 5.92 Å². The van der Waals surface area contributed by atoms with E-state index in [1.54, 1.807) is 0 Å². The highest BCUT2D eigenvalue weighted by Gasteiger charge is 2.30. The van der Waals surface area contributed by atoms with E-state index in [9.17, 15) is 4.79 Å². The Morgan fingerprint density at radius 3 is 2.71 bits per heavy atom. The predicted molar refractivity (Wildman–Crippen MR) is 79.0 cm³/mol. The molecule has 0 aliphatic carbocycles. The summed E-state index contributed by atoms with van der Waals surface area (Å²) in [6.45, 7) is 4.04. The summed E-state index contributed by atoms with van der Waals surface area (Å²) in [5.74, 6) is 0.345. The third-order valence-corrected chi connectivity index (χ3v) is 4.16. The van der Waals surface area contributed by atoms with Crippen LogP contribution >= 0.6 is 0 Å². The Morgan fingerprint density at radius 2 is 1.95 bits per heavy atom. The summed E-state index contributed by atoms with van der Waals surface area (Å²) in [6.07, 6.45) is 1.08. The molecule has 0 radical (unpaired) electrons. The number of nitrogens with zero attached hydrogens (tertiary/aromatic N) is 1. The number of morpholine rings is 1. The number of amides is 2. The topological polar surface area (TPSA) is 50.8 Å². The van der Waals surface area contributed by atoms with Crippen LogP contribution in [0.4, 0.5) is 4.79 Å². The van der Waals surface area contributed by atoms with Crippen LogP contribution in [0.25, 0.3) is 0 Å². The van der Waals surface area contributed by atoms with Gasteiger partial charge in [-0.25, -0.2) is 4.79 Å². The number of hydrogen-bond donors (Lipinski definition) is 1. The minimum Gasteiger partial charge on any atom is -0.378 e. The van der Waals surface area contributed by atoms with Gasteiger partial charge in [-0.1, -0.05) is 30.3 Å². The van der Waals surface area contributed by atoms with Gasteiger partial charge in [0.05, 0.1) is 19.3 Å². The SMILES string of the molecule is O=C(NC[C@@H]1CCO[C@H]1c1ccccc1)N1CCOCC1. The highest BCUT2D eigenvalue weighted by molar-refractivity contribution is 5.74. The third-order valence-electron chi connectivity index (χ3n) is 4.16. The van der Waals surface area contributed by atoms with Gasteiger partial charge in [0.2, 0.25) is 0 Å². The molecule has 0 spiro atoms. The van der Waals surface area contributed by atoms with Gasteiger partial charge < -0.3 is 19.7 Å². The number of nitrogens with one attached hydrogen (secondary N) is 1. The van der Waals surface area contributed by atoms with Crippen molar-refractivity contribution in [3.63, 3.8) is 0 Å². The zero-order chi connectivity index (χ0) is 14.5. The molecule has 2 aliphatic heterocycles. The normalized spacial score (nSPS) is 25.8. The maximum absolute atomic E-state index is 12.1. The van der Waals surface area contributed by atoms with Crippen molar-refractivity contribution < 1.29 is 14.3 Å². The number of hydrogen-bond acceptors (Lipinski definition) is 3. The van der Waals surface area contributed by atoms with E-state index in [-0.39, 0.29) is 12.1 Å². The van der Waals surface area contributed by atoms with E-state index in [0.717, 1.165) is 13.0 Å². The Bertz CT molecular complexity index is 460. The molecule has 3 rings (SSSR count). The zero-order valence-electron chi connectivity index (χ0n) is 12.2. The van der Waals surface area contributed by atoms with Crippen LogP contribution in [0.5, 0.6) is 0 Å². The van der Waals surface area contributed by atoms with Crippen LogP contribution < -0.4 is 5.32 Å². The fourth-order valence-corrected chi connectivity index (χ4v) is 2.95. The van der Waals surface area contributed by atoms with Crippen LogP contribution in [0.15, 0.2) is 30.3 Å². The van der Waals surface area contributed by atoms with Crippen molar-refractivity contribution in [3.8, 4) is 0 Å². The average Bonchev–Trinajstić information content (AvgIpc) is 3.03. The maximum Gasteiger partial charge on any atom is 0.317 e. The molecule has 2 heterocycles. The average molecular weight is 290 g/mol. The van der Waals surface area contributed by atoms with Crippen molar-refractivity contribution >= 4 is 6.03 Å². The summed E-state index contributed by atoms with van der Waals surface area (Å²) in [5.41, 5.74) is 1.20. The number of benzene rings is 1. The monoisotopic (exact) mass is 290 g/mol. The van der Waals surface area contributed by atoms with Crippen molar-refractivity contribution in [1.82, 2.24) is 10.2 Å². The molecule has 0 saturated carbocycles. The highest BCUT2D eigenvalue weighted by Crippen LogP contribution is 2.33. The first-order valence-corrected chi connectivity index (χ1v) is 7.61. The van der Waals surface area contributed by atoms with Crippen LogP contribution in [-0.4, -0.2) is 50.4 Å². The molecular formula is C16H22N2O3. The first-order valence-electron chi connectivity index (χ1n) is 7.61. The Balaban J connectivity index is 1.53. The second kappa shape index (κ2) is 6.91. The van der Waals surface area contributed by atoms with Crippen molar-refractivity contribution in [2.45, 2.75) is 12.5 Å². The highest BCUT2D eigenvalue weighted by atomic mass is 16.5. The van der Waals surface area contributed by atoms with Crippen LogP contribution in [0, 0.1) is 5.92 Å². The molecule has 1 aromatic rings. The molecule has 2 amide bonds. The van der Waals surface area contributed by atoms with Gasteiger partial charge in [0.25, 0.3) is 0 Å². The Hall–Kier alpha value is -1.59. The molecule has 2 aliphatic rings. The van der Waals surface area contributed by atoms with E-state index in [2.05, 4.69) is 17.4 Å². The smallest absolute Gasteiger partial charge is 0.317 e. The first kappa shape index (κ1) is 14.4. The molecule has 2 atom stereocenters. The zero-order valence-corrected chi connectivity index (χ0v) is 12.2. The minimum atomic E-state index is 0.0111. The Morgan fingerprint density at radius 1 is 1.19 bits per heavy atom. The first-order chi connectivity index (χ1) is 10.3. The molecule has 1 aromatic carbocycles. The maximum atomic E-state index is 12.1. The molecule has 2 fully saturated rings. The van der Waals surface area contributed by atoms with E-state index in [1.165, 1.54) is 5.56 Å². The standard InChI is InChI=1S/C16H22N2O3/c19-16(18-7-10-20-11-8-18)17-12-14-6-9-21-15(14)13-4-2-1-3-5-13/h1-5,14-15H,6-12H2,(H,17,19)/t14-,15-/m0/s1. The van der Waals surface area contributed by atoms with E-state index >= 15 is 0 Å². The minimum absolute atomic E-state index is 0.0111. The molecule has 5 heteroatoms. The molecule has 0 aromatic heterocycles. The Kier molecular flexibility index (Phi) is 4.72. The van der Waals surface area contributed by atoms with E-state index in [4.69, 9.17) is 9.47 Å². The number of rotatable bonds is 3. The Labute approximate surface area is 125 Å². The second-order valence-corrected chi connectivity index (χ2v) is 5.54. The van der Waals surface area contributed by atoms with Crippen molar-refractivity contribution in [1.29, 1.82) is 0 Å². The lowest BCUT2D eigenvalue weighted by Crippen LogP contribution is -2.47. The fraction of sp³-hybridized carbons (Fsp3) is 0.562. The van der Waals surface area contributed by atoms with Gasteiger partial charge in [0, 0.05) is 32.2 Å². The van der Waals surface area contributed by atoms with Gasteiger partial charge in [0.1, 0.15) is 0 Å². The summed E-state index contributed by atoms with van der Waals surface area (Å²) in [4.78, 5) is 13.9. The summed E-state index contributed by atoms with van der Waals surface area (Å²) in [5, 5.41) is 3.05. The molecular weight excluding hydrogens is 268 g/mol. The van der Waals surface area contributed by atoms with Gasteiger partial charge in [0.15, 0.2) is 0 Å². The van der Waals surface area contributed by atoms with Gasteiger partial charge in [-0.15, -0.1) is 0 Å². The number of carbonyl (C=O) groups excluding carboxylic acids is 1. The fourth-order valence-electron chi connectivity index (χ4n) is 2.95. The van der Waals surface area contributed by atoms with Gasteiger partial charge in [-0.2, -0.15) is 0 Å². The summed E-state index contributed by atoms with van der Waals surface area (Å²) in [6, 6.07) is 10.3. The second-order valence-electron chi connectivity index (χ2n) is 5.54. The van der Waals surface area contributed by atoms with Gasteiger partial charge >= 0.3 is 6.03 Å². The van der Waals surface area contributed by atoms with Crippen LogP contribution in [0.3, 0.4) is 0 Å². The largest absolute Gasteiger partial charge is 0.378 e. The molecule has 1 N–H and O–H groups in total. The van der Waals surface area contributed by atoms with Crippen LogP contribution in [0.1, 0.15) is 18.1 Å². The van der Waals surface area contributed by atoms with E-state index in [0.29, 0.717) is 38.8 Å². The predicted octanol–water partition coefficient (Wildman–Crippen LogP) is 1.81. The summed E-state index contributed by atoms with van der Waals surface area (Å²) < 4.78 is 11.1. The van der Waals surface area contributed by atoms with Crippen LogP contribution in [-0.2, 0) is 9.47 Å². The molecule has 114 valence electrons. The van der Waals surface area contributed by atoms with Gasteiger partial charge in [-0.3, -0.25) is 0 Å². The molecule has 5 nitrogen and oxygen atoms in total. The quantitative estimate of drug-likeness (QED) is 0.923. The lowest BCUT2D eigenvalue weighted by molar-refractivity contribution is 0.0522. The van der Waals surface area contributed by atoms with Crippen LogP contribution in [0.2, 0.25) is 0 Å². The molecule has 0 bridgehead atoms. The lowest BCUT2D eigenvalue weighted by Gasteiger charge is -2.28.